The quantitative estimate of drug-likeness (QED) is 0.792. The number of hydrogen-bond donors (Lipinski definition) is 1. The van der Waals surface area contributed by atoms with Crippen LogP contribution in [0.5, 0.6) is 0 Å². The molecule has 0 aromatic carbocycles. The molecule has 0 unspecified atom stereocenters. The Hall–Kier alpha value is -1.85. The van der Waals surface area contributed by atoms with Gasteiger partial charge in [-0.05, 0) is 36.9 Å². The molecule has 3 aromatic rings. The van der Waals surface area contributed by atoms with Gasteiger partial charge in [0.25, 0.3) is 0 Å². The van der Waals surface area contributed by atoms with Gasteiger partial charge < -0.3 is 4.42 Å². The average molecular weight is 327 g/mol. The van der Waals surface area contributed by atoms with Crippen molar-refractivity contribution in [3.8, 4) is 0 Å². The van der Waals surface area contributed by atoms with E-state index in [1.54, 1.807) is 11.3 Å². The van der Waals surface area contributed by atoms with Gasteiger partial charge in [0, 0.05) is 42.1 Å². The van der Waals surface area contributed by atoms with E-state index in [0.29, 0.717) is 0 Å². The highest BCUT2D eigenvalue weighted by atomic mass is 32.1. The van der Waals surface area contributed by atoms with Gasteiger partial charge in [0.05, 0.1) is 12.2 Å². The Bertz CT molecular complexity index is 781. The zero-order valence-electron chi connectivity index (χ0n) is 13.6. The number of aromatic amines is 1. The molecule has 4 heterocycles. The lowest BCUT2D eigenvalue weighted by Gasteiger charge is -2.26. The molecule has 3 aromatic heterocycles. The van der Waals surface area contributed by atoms with E-state index in [0.717, 1.165) is 44.0 Å². The van der Waals surface area contributed by atoms with Gasteiger partial charge in [0.15, 0.2) is 0 Å². The Morgan fingerprint density at radius 3 is 3.04 bits per heavy atom. The van der Waals surface area contributed by atoms with Crippen LogP contribution in [0.3, 0.4) is 0 Å². The molecule has 0 aliphatic carbocycles. The predicted molar refractivity (Wildman–Crippen MR) is 91.7 cm³/mol. The zero-order valence-corrected chi connectivity index (χ0v) is 14.4. The van der Waals surface area contributed by atoms with Crippen molar-refractivity contribution in [1.29, 1.82) is 0 Å². The monoisotopic (exact) mass is 327 g/mol. The first-order valence-electron chi connectivity index (χ1n) is 8.04. The summed E-state index contributed by atoms with van der Waals surface area (Å²) in [4.78, 5) is 3.82. The first-order chi connectivity index (χ1) is 11.2. The molecule has 0 bridgehead atoms. The highest BCUT2D eigenvalue weighted by molar-refractivity contribution is 7.09. The summed E-state index contributed by atoms with van der Waals surface area (Å²) in [5.41, 5.74) is 5.11. The van der Waals surface area contributed by atoms with Crippen LogP contribution in [0.2, 0.25) is 0 Å². The van der Waals surface area contributed by atoms with Crippen LogP contribution in [0.25, 0.3) is 0 Å². The molecule has 1 aliphatic rings. The fraction of sp³-hybridized carbons (Fsp3) is 0.389. The SMILES string of the molecule is Cc1cc(CN2CCc3[nH]nc(Cc4cccs4)c3C2)oc1C. The molecule has 0 radical (unpaired) electrons. The normalized spacial score (nSPS) is 15.0. The minimum absolute atomic E-state index is 0.873. The number of nitrogens with one attached hydrogen (secondary N) is 1. The maximum atomic E-state index is 5.84. The summed E-state index contributed by atoms with van der Waals surface area (Å²) in [5, 5.41) is 9.93. The minimum Gasteiger partial charge on any atom is -0.465 e. The molecule has 0 fully saturated rings. The topological polar surface area (TPSA) is 45.1 Å². The number of aryl methyl sites for hydroxylation is 2. The minimum atomic E-state index is 0.873. The molecule has 0 saturated carbocycles. The average Bonchev–Trinajstić information content (AvgIpc) is 3.24. The number of hydrogen-bond acceptors (Lipinski definition) is 4. The van der Waals surface area contributed by atoms with E-state index in [1.165, 1.54) is 27.4 Å². The molecule has 0 spiro atoms. The first kappa shape index (κ1) is 14.7. The van der Waals surface area contributed by atoms with Gasteiger partial charge in [-0.1, -0.05) is 6.07 Å². The van der Waals surface area contributed by atoms with E-state index in [2.05, 4.69) is 45.6 Å². The smallest absolute Gasteiger partial charge is 0.118 e. The summed E-state index contributed by atoms with van der Waals surface area (Å²) in [6.45, 7) is 7.00. The lowest BCUT2D eigenvalue weighted by molar-refractivity contribution is 0.223. The summed E-state index contributed by atoms with van der Waals surface area (Å²) in [6, 6.07) is 6.44. The van der Waals surface area contributed by atoms with Crippen molar-refractivity contribution in [2.24, 2.45) is 0 Å². The van der Waals surface area contributed by atoms with Crippen molar-refractivity contribution in [3.05, 3.63) is 62.5 Å². The number of thiophene rings is 1. The fourth-order valence-corrected chi connectivity index (χ4v) is 3.93. The summed E-state index contributed by atoms with van der Waals surface area (Å²) in [7, 11) is 0. The third kappa shape index (κ3) is 2.99. The Kier molecular flexibility index (Phi) is 3.83. The molecular formula is C18H21N3OS. The lowest BCUT2D eigenvalue weighted by Crippen LogP contribution is -2.30. The van der Waals surface area contributed by atoms with Crippen molar-refractivity contribution in [3.63, 3.8) is 0 Å². The molecule has 1 aliphatic heterocycles. The standard InChI is InChI=1S/C18H21N3OS/c1-12-8-14(22-13(12)2)10-21-6-5-17-16(11-21)18(20-19-17)9-15-4-3-7-23-15/h3-4,7-8H,5-6,9-11H2,1-2H3,(H,19,20). The van der Waals surface area contributed by atoms with E-state index in [-0.39, 0.29) is 0 Å². The Morgan fingerprint density at radius 2 is 2.30 bits per heavy atom. The van der Waals surface area contributed by atoms with Gasteiger partial charge in [-0.2, -0.15) is 5.10 Å². The van der Waals surface area contributed by atoms with Crippen LogP contribution < -0.4 is 0 Å². The van der Waals surface area contributed by atoms with Crippen molar-refractivity contribution in [2.45, 2.75) is 39.8 Å². The van der Waals surface area contributed by atoms with Crippen molar-refractivity contribution >= 4 is 11.3 Å². The van der Waals surface area contributed by atoms with E-state index in [1.807, 2.05) is 6.92 Å². The van der Waals surface area contributed by atoms with Crippen LogP contribution >= 0.6 is 11.3 Å². The van der Waals surface area contributed by atoms with Crippen molar-refractivity contribution in [2.75, 3.05) is 6.54 Å². The third-order valence-corrected chi connectivity index (χ3v) is 5.49. The Balaban J connectivity index is 1.50. The molecule has 120 valence electrons. The Morgan fingerprint density at radius 1 is 1.39 bits per heavy atom. The van der Waals surface area contributed by atoms with Gasteiger partial charge in [-0.25, -0.2) is 0 Å². The molecule has 1 N–H and O–H groups in total. The maximum Gasteiger partial charge on any atom is 0.118 e. The number of aromatic nitrogens is 2. The molecule has 5 heteroatoms. The van der Waals surface area contributed by atoms with Crippen LogP contribution in [0.4, 0.5) is 0 Å². The van der Waals surface area contributed by atoms with Crippen LogP contribution in [0.1, 0.15) is 38.9 Å². The van der Waals surface area contributed by atoms with Crippen LogP contribution in [-0.2, 0) is 25.9 Å². The summed E-state index contributed by atoms with van der Waals surface area (Å²) in [6.07, 6.45) is 1.96. The van der Waals surface area contributed by atoms with Crippen LogP contribution in [0.15, 0.2) is 28.0 Å². The van der Waals surface area contributed by atoms with Crippen LogP contribution in [-0.4, -0.2) is 21.6 Å². The summed E-state index contributed by atoms with van der Waals surface area (Å²) >= 11 is 1.80. The van der Waals surface area contributed by atoms with Gasteiger partial charge in [0.2, 0.25) is 0 Å². The van der Waals surface area contributed by atoms with E-state index in [4.69, 9.17) is 4.42 Å². The Labute approximate surface area is 140 Å². The highest BCUT2D eigenvalue weighted by Gasteiger charge is 2.23. The second kappa shape index (κ2) is 5.98. The molecule has 4 nitrogen and oxygen atoms in total. The van der Waals surface area contributed by atoms with E-state index >= 15 is 0 Å². The molecule has 4 rings (SSSR count). The first-order valence-corrected chi connectivity index (χ1v) is 8.92. The van der Waals surface area contributed by atoms with Crippen LogP contribution in [0, 0.1) is 13.8 Å². The highest BCUT2D eigenvalue weighted by Crippen LogP contribution is 2.25. The number of nitrogens with zero attached hydrogens (tertiary/aromatic N) is 2. The van der Waals surface area contributed by atoms with Crippen molar-refractivity contribution in [1.82, 2.24) is 15.1 Å². The molecule has 0 atom stereocenters. The summed E-state index contributed by atoms with van der Waals surface area (Å²) < 4.78 is 5.84. The number of rotatable bonds is 4. The number of fused-ring (bicyclic) bond motifs is 1. The lowest BCUT2D eigenvalue weighted by atomic mass is 10.0. The maximum absolute atomic E-state index is 5.84. The fourth-order valence-electron chi connectivity index (χ4n) is 3.22. The summed E-state index contributed by atoms with van der Waals surface area (Å²) in [5.74, 6) is 2.09. The van der Waals surface area contributed by atoms with Gasteiger partial charge in [-0.15, -0.1) is 11.3 Å². The number of H-pyrrole nitrogens is 1. The molecule has 0 saturated heterocycles. The van der Waals surface area contributed by atoms with Gasteiger partial charge in [0.1, 0.15) is 11.5 Å². The molecular weight excluding hydrogens is 306 g/mol. The second-order valence-electron chi connectivity index (χ2n) is 6.30. The zero-order chi connectivity index (χ0) is 15.8. The number of furan rings is 1. The van der Waals surface area contributed by atoms with Gasteiger partial charge >= 0.3 is 0 Å². The largest absolute Gasteiger partial charge is 0.465 e. The van der Waals surface area contributed by atoms with Gasteiger partial charge in [-0.3, -0.25) is 10.00 Å². The predicted octanol–water partition coefficient (Wildman–Crippen LogP) is 3.83. The second-order valence-corrected chi connectivity index (χ2v) is 7.33. The van der Waals surface area contributed by atoms with E-state index < -0.39 is 0 Å². The third-order valence-electron chi connectivity index (χ3n) is 4.62. The molecule has 0 amide bonds. The van der Waals surface area contributed by atoms with Crippen molar-refractivity contribution < 1.29 is 4.42 Å². The molecule has 23 heavy (non-hydrogen) atoms. The van der Waals surface area contributed by atoms with E-state index in [9.17, 15) is 0 Å².